The molecule has 3 atom stereocenters. The lowest BCUT2D eigenvalue weighted by Gasteiger charge is -2.31. The molecule has 2 aliphatic heterocycles. The van der Waals surface area contributed by atoms with Crippen molar-refractivity contribution in [1.29, 1.82) is 0 Å². The largest absolute Gasteiger partial charge is 0.519 e. The first kappa shape index (κ1) is 25.1. The number of ether oxygens (including phenoxy) is 3. The normalized spacial score (nSPS) is 25.2. The Labute approximate surface area is 210 Å². The number of hydrazine groups is 1. The van der Waals surface area contributed by atoms with Crippen LogP contribution in [0.3, 0.4) is 0 Å². The second-order valence-electron chi connectivity index (χ2n) is 9.13. The quantitative estimate of drug-likeness (QED) is 0.318. The van der Waals surface area contributed by atoms with Crippen molar-refractivity contribution < 1.29 is 36.6 Å². The summed E-state index contributed by atoms with van der Waals surface area (Å²) in [4.78, 5) is 12.7. The van der Waals surface area contributed by atoms with Crippen LogP contribution in [0.5, 0.6) is 5.75 Å². The molecule has 1 saturated carbocycles. The minimum atomic E-state index is -4.68. The van der Waals surface area contributed by atoms with Gasteiger partial charge in [-0.2, -0.15) is 5.10 Å². The summed E-state index contributed by atoms with van der Waals surface area (Å²) in [6, 6.07) is 10.7. The Bertz CT molecular complexity index is 1250. The number of esters is 1. The van der Waals surface area contributed by atoms with Gasteiger partial charge in [-0.05, 0) is 60.4 Å². The zero-order chi connectivity index (χ0) is 26.4. The minimum absolute atomic E-state index is 0.0118. The van der Waals surface area contributed by atoms with E-state index in [9.17, 15) is 22.4 Å². The molecule has 2 heterocycles. The molecule has 7 nitrogen and oxygen atoms in total. The van der Waals surface area contributed by atoms with Crippen LogP contribution in [0, 0.1) is 11.7 Å². The predicted molar refractivity (Wildman–Crippen MR) is 127 cm³/mol. The first-order valence-electron chi connectivity index (χ1n) is 11.7. The number of rotatable bonds is 5. The number of benzene rings is 2. The van der Waals surface area contributed by atoms with Gasteiger partial charge in [-0.3, -0.25) is 9.80 Å². The summed E-state index contributed by atoms with van der Waals surface area (Å²) < 4.78 is 71.0. The van der Waals surface area contributed by atoms with Crippen LogP contribution in [0.15, 0.2) is 53.6 Å². The highest BCUT2D eigenvalue weighted by Gasteiger charge is 2.54. The zero-order valence-electron chi connectivity index (χ0n) is 20.2. The maximum absolute atomic E-state index is 13.7. The Morgan fingerprint density at radius 3 is 2.59 bits per heavy atom. The van der Waals surface area contributed by atoms with Crippen molar-refractivity contribution in [3.05, 3.63) is 65.5 Å². The van der Waals surface area contributed by atoms with Crippen LogP contribution >= 0.6 is 0 Å². The van der Waals surface area contributed by atoms with Crippen molar-refractivity contribution in [3.63, 3.8) is 0 Å². The molecule has 1 aliphatic carbocycles. The summed E-state index contributed by atoms with van der Waals surface area (Å²) >= 11 is 0. The molecular weight excluding hydrogens is 494 g/mol. The van der Waals surface area contributed by atoms with E-state index in [0.29, 0.717) is 24.2 Å². The topological polar surface area (TPSA) is 63.6 Å². The van der Waals surface area contributed by atoms with Crippen LogP contribution < -0.4 is 9.75 Å². The van der Waals surface area contributed by atoms with Gasteiger partial charge in [-0.25, -0.2) is 4.39 Å². The molecule has 2 aromatic rings. The lowest BCUT2D eigenvalue weighted by atomic mass is 9.79. The Balaban J connectivity index is 1.54. The fraction of sp³-hybridized carbons (Fsp3) is 0.385. The number of alkyl halides is 3. The smallest absolute Gasteiger partial charge is 0.496 e. The summed E-state index contributed by atoms with van der Waals surface area (Å²) in [7, 11) is 2.81. The third kappa shape index (κ3) is 4.41. The van der Waals surface area contributed by atoms with Gasteiger partial charge in [-0.15, -0.1) is 18.3 Å². The number of carbonyl (C=O) groups is 1. The van der Waals surface area contributed by atoms with Gasteiger partial charge in [0.15, 0.2) is 0 Å². The molecule has 0 amide bonds. The molecule has 1 spiro atoms. The summed E-state index contributed by atoms with van der Waals surface area (Å²) in [5.41, 5.74) is 1.44. The minimum Gasteiger partial charge on any atom is -0.496 e. The Kier molecular flexibility index (Phi) is 6.35. The standard InChI is InChI=1S/C26H25F4N3O4/c1-35-22-8-7-19(32-12-11-31-33(32)26(28,29)30)13-21(22)17-14-25(37-15-17)10-9-20(24(34)36-2)23(25)16-3-5-18(27)6-4-16/h3-8,11,13-14,20,23H,9-10,12,15H2,1-2H3/t20-,23+,25+/m0/s1. The van der Waals surface area contributed by atoms with Crippen molar-refractivity contribution in [2.45, 2.75) is 30.7 Å². The van der Waals surface area contributed by atoms with E-state index in [0.717, 1.165) is 16.1 Å². The number of anilines is 1. The molecular formula is C26H25F4N3O4. The van der Waals surface area contributed by atoms with E-state index in [1.807, 2.05) is 6.08 Å². The molecule has 3 aliphatic rings. The van der Waals surface area contributed by atoms with E-state index in [4.69, 9.17) is 14.2 Å². The van der Waals surface area contributed by atoms with Crippen molar-refractivity contribution in [3.8, 4) is 5.75 Å². The van der Waals surface area contributed by atoms with Crippen LogP contribution in [0.25, 0.3) is 5.57 Å². The van der Waals surface area contributed by atoms with Gasteiger partial charge in [0.25, 0.3) is 0 Å². The summed E-state index contributed by atoms with van der Waals surface area (Å²) in [6.07, 6.45) is -0.553. The van der Waals surface area contributed by atoms with Crippen LogP contribution in [0.1, 0.15) is 29.9 Å². The third-order valence-electron chi connectivity index (χ3n) is 7.15. The van der Waals surface area contributed by atoms with Crippen LogP contribution in [-0.2, 0) is 14.3 Å². The average Bonchev–Trinajstić information content (AvgIpc) is 3.63. The number of hydrazone groups is 1. The lowest BCUT2D eigenvalue weighted by molar-refractivity contribution is -0.246. The molecule has 0 aromatic heterocycles. The zero-order valence-corrected chi connectivity index (χ0v) is 20.2. The molecule has 0 saturated heterocycles. The van der Waals surface area contributed by atoms with Crippen molar-refractivity contribution in [2.24, 2.45) is 11.0 Å². The van der Waals surface area contributed by atoms with Gasteiger partial charge in [0.2, 0.25) is 0 Å². The van der Waals surface area contributed by atoms with Crippen molar-refractivity contribution in [2.75, 3.05) is 32.4 Å². The SMILES string of the molecule is COC(=O)[C@H]1CC[C@@]2(C=C(c3cc(N4CC=NN4C(F)(F)F)ccc3OC)CO2)[C@@H]1c1ccc(F)cc1. The lowest BCUT2D eigenvalue weighted by Crippen LogP contribution is -2.44. The fourth-order valence-corrected chi connectivity index (χ4v) is 5.56. The van der Waals surface area contributed by atoms with Gasteiger partial charge in [0, 0.05) is 17.7 Å². The predicted octanol–water partition coefficient (Wildman–Crippen LogP) is 4.90. The van der Waals surface area contributed by atoms with Crippen LogP contribution in [0.4, 0.5) is 23.2 Å². The number of nitrogens with zero attached hydrogens (tertiary/aromatic N) is 3. The van der Waals surface area contributed by atoms with Crippen LogP contribution in [-0.4, -0.2) is 56.6 Å². The van der Waals surface area contributed by atoms with Gasteiger partial charge in [0.05, 0.1) is 44.6 Å². The van der Waals surface area contributed by atoms with E-state index < -0.39 is 29.6 Å². The van der Waals surface area contributed by atoms with Gasteiger partial charge >= 0.3 is 12.3 Å². The maximum Gasteiger partial charge on any atom is 0.519 e. The highest BCUT2D eigenvalue weighted by molar-refractivity contribution is 5.80. The van der Waals surface area contributed by atoms with E-state index in [1.54, 1.807) is 24.3 Å². The maximum atomic E-state index is 13.7. The number of hydrogen-bond donors (Lipinski definition) is 0. The fourth-order valence-electron chi connectivity index (χ4n) is 5.56. The molecule has 0 N–H and O–H groups in total. The van der Waals surface area contributed by atoms with E-state index in [-0.39, 0.29) is 29.9 Å². The average molecular weight is 519 g/mol. The molecule has 5 rings (SSSR count). The first-order valence-corrected chi connectivity index (χ1v) is 11.7. The molecule has 2 aromatic carbocycles. The monoisotopic (exact) mass is 519 g/mol. The molecule has 1 fully saturated rings. The summed E-state index contributed by atoms with van der Waals surface area (Å²) in [6.45, 7) is 0.114. The van der Waals surface area contributed by atoms with Gasteiger partial charge in [0.1, 0.15) is 11.6 Å². The highest BCUT2D eigenvalue weighted by Crippen LogP contribution is 2.54. The number of hydrogen-bond acceptors (Lipinski definition) is 7. The Morgan fingerprint density at radius 2 is 1.92 bits per heavy atom. The molecule has 196 valence electrons. The second-order valence-corrected chi connectivity index (χ2v) is 9.13. The van der Waals surface area contributed by atoms with Gasteiger partial charge in [-0.1, -0.05) is 12.1 Å². The Morgan fingerprint density at radius 1 is 1.16 bits per heavy atom. The second kappa shape index (κ2) is 9.37. The van der Waals surface area contributed by atoms with Crippen molar-refractivity contribution in [1.82, 2.24) is 5.12 Å². The van der Waals surface area contributed by atoms with E-state index in [1.165, 1.54) is 38.6 Å². The highest BCUT2D eigenvalue weighted by atomic mass is 19.4. The van der Waals surface area contributed by atoms with Crippen molar-refractivity contribution >= 4 is 23.4 Å². The Hall–Kier alpha value is -3.60. The van der Waals surface area contributed by atoms with Gasteiger partial charge < -0.3 is 14.2 Å². The molecule has 0 unspecified atom stereocenters. The number of halogens is 4. The molecule has 11 heteroatoms. The summed E-state index contributed by atoms with van der Waals surface area (Å²) in [5.74, 6) is -1.23. The molecule has 0 bridgehead atoms. The molecule has 37 heavy (non-hydrogen) atoms. The van der Waals surface area contributed by atoms with E-state index in [2.05, 4.69) is 5.10 Å². The summed E-state index contributed by atoms with van der Waals surface area (Å²) in [5, 5.41) is 4.44. The van der Waals surface area contributed by atoms with E-state index >= 15 is 0 Å². The van der Waals surface area contributed by atoms with Crippen LogP contribution in [0.2, 0.25) is 0 Å². The first-order chi connectivity index (χ1) is 17.7. The third-order valence-corrected chi connectivity index (χ3v) is 7.15. The molecule has 0 radical (unpaired) electrons. The number of methoxy groups -OCH3 is 2. The number of carbonyl (C=O) groups excluding carboxylic acids is 1.